The third-order valence-electron chi connectivity index (χ3n) is 4.68. The lowest BCUT2D eigenvalue weighted by Crippen LogP contribution is -2.36. The molecule has 2 fully saturated rings. The van der Waals surface area contributed by atoms with Gasteiger partial charge in [0, 0.05) is 25.6 Å². The summed E-state index contributed by atoms with van der Waals surface area (Å²) in [6.07, 6.45) is 4.65. The lowest BCUT2D eigenvalue weighted by molar-refractivity contribution is 0.0994. The smallest absolute Gasteiger partial charge is 0.244 e. The van der Waals surface area contributed by atoms with E-state index < -0.39 is 0 Å². The summed E-state index contributed by atoms with van der Waals surface area (Å²) in [7, 11) is 0. The second-order valence-electron chi connectivity index (χ2n) is 5.90. The SMILES string of the molecule is CCC1OCCC1c1nc(N2CCC(CN)CC2)n[nH]1. The number of rotatable bonds is 4. The summed E-state index contributed by atoms with van der Waals surface area (Å²) in [6, 6.07) is 0. The summed E-state index contributed by atoms with van der Waals surface area (Å²) in [5, 5.41) is 7.53. The number of ether oxygens (including phenoxy) is 1. The average molecular weight is 279 g/mol. The van der Waals surface area contributed by atoms with Crippen LogP contribution < -0.4 is 10.6 Å². The van der Waals surface area contributed by atoms with Crippen molar-refractivity contribution in [2.24, 2.45) is 11.7 Å². The molecule has 0 amide bonds. The largest absolute Gasteiger partial charge is 0.377 e. The zero-order chi connectivity index (χ0) is 13.9. The van der Waals surface area contributed by atoms with Gasteiger partial charge in [0.05, 0.1) is 6.10 Å². The van der Waals surface area contributed by atoms with Gasteiger partial charge >= 0.3 is 0 Å². The van der Waals surface area contributed by atoms with E-state index in [1.54, 1.807) is 0 Å². The lowest BCUT2D eigenvalue weighted by Gasteiger charge is -2.30. The van der Waals surface area contributed by atoms with E-state index in [2.05, 4.69) is 22.0 Å². The van der Waals surface area contributed by atoms with Crippen LogP contribution in [0.2, 0.25) is 0 Å². The normalized spacial score (nSPS) is 28.2. The monoisotopic (exact) mass is 279 g/mol. The summed E-state index contributed by atoms with van der Waals surface area (Å²) in [6.45, 7) is 5.82. The molecule has 0 spiro atoms. The molecule has 6 heteroatoms. The molecule has 3 rings (SSSR count). The summed E-state index contributed by atoms with van der Waals surface area (Å²) in [5.41, 5.74) is 5.73. The Morgan fingerprint density at radius 1 is 1.35 bits per heavy atom. The van der Waals surface area contributed by atoms with E-state index in [0.717, 1.165) is 63.7 Å². The minimum absolute atomic E-state index is 0.291. The van der Waals surface area contributed by atoms with Gasteiger partial charge in [-0.3, -0.25) is 5.10 Å². The molecule has 2 aliphatic rings. The molecule has 0 aliphatic carbocycles. The summed E-state index contributed by atoms with van der Waals surface area (Å²) < 4.78 is 5.74. The van der Waals surface area contributed by atoms with E-state index >= 15 is 0 Å². The molecule has 1 aromatic heterocycles. The van der Waals surface area contributed by atoms with E-state index in [9.17, 15) is 0 Å². The number of H-pyrrole nitrogens is 1. The van der Waals surface area contributed by atoms with E-state index in [-0.39, 0.29) is 0 Å². The molecule has 20 heavy (non-hydrogen) atoms. The van der Waals surface area contributed by atoms with Crippen LogP contribution in [0.3, 0.4) is 0 Å². The Kier molecular flexibility index (Phi) is 4.21. The van der Waals surface area contributed by atoms with E-state index in [4.69, 9.17) is 15.5 Å². The minimum Gasteiger partial charge on any atom is -0.377 e. The van der Waals surface area contributed by atoms with Crippen LogP contribution in [-0.2, 0) is 4.74 Å². The number of hydrogen-bond donors (Lipinski definition) is 2. The molecule has 0 bridgehead atoms. The lowest BCUT2D eigenvalue weighted by atomic mass is 9.97. The molecular weight excluding hydrogens is 254 g/mol. The highest BCUT2D eigenvalue weighted by molar-refractivity contribution is 5.30. The Hall–Kier alpha value is -1.14. The molecule has 3 N–H and O–H groups in total. The Morgan fingerprint density at radius 2 is 2.15 bits per heavy atom. The standard InChI is InChI=1S/C14H25N5O/c1-2-12-11(5-8-20-12)13-16-14(18-17-13)19-6-3-10(9-15)4-7-19/h10-12H,2-9,15H2,1H3,(H,16,17,18). The molecule has 1 aromatic rings. The van der Waals surface area contributed by atoms with Gasteiger partial charge in [0.15, 0.2) is 0 Å². The van der Waals surface area contributed by atoms with Crippen molar-refractivity contribution in [3.05, 3.63) is 5.82 Å². The first kappa shape index (κ1) is 13.8. The van der Waals surface area contributed by atoms with Gasteiger partial charge in [-0.05, 0) is 38.1 Å². The first-order chi connectivity index (χ1) is 9.81. The molecule has 6 nitrogen and oxygen atoms in total. The topological polar surface area (TPSA) is 80.1 Å². The summed E-state index contributed by atoms with van der Waals surface area (Å²) >= 11 is 0. The molecule has 0 aromatic carbocycles. The number of aromatic nitrogens is 3. The number of aromatic amines is 1. The van der Waals surface area contributed by atoms with Crippen molar-refractivity contribution in [2.75, 3.05) is 31.1 Å². The van der Waals surface area contributed by atoms with Gasteiger partial charge in [0.25, 0.3) is 0 Å². The van der Waals surface area contributed by atoms with Crippen LogP contribution in [0.5, 0.6) is 0 Å². The first-order valence-corrected chi connectivity index (χ1v) is 7.80. The van der Waals surface area contributed by atoms with Gasteiger partial charge in [-0.25, -0.2) is 0 Å². The fraction of sp³-hybridized carbons (Fsp3) is 0.857. The van der Waals surface area contributed by atoms with Gasteiger partial charge in [-0.2, -0.15) is 4.98 Å². The highest BCUT2D eigenvalue weighted by Gasteiger charge is 2.31. The predicted molar refractivity (Wildman–Crippen MR) is 77.8 cm³/mol. The van der Waals surface area contributed by atoms with Crippen molar-refractivity contribution in [1.82, 2.24) is 15.2 Å². The predicted octanol–water partition coefficient (Wildman–Crippen LogP) is 1.26. The van der Waals surface area contributed by atoms with E-state index in [1.165, 1.54) is 0 Å². The van der Waals surface area contributed by atoms with Crippen molar-refractivity contribution in [2.45, 2.75) is 44.6 Å². The second kappa shape index (κ2) is 6.10. The van der Waals surface area contributed by atoms with E-state index in [1.807, 2.05) is 0 Å². The summed E-state index contributed by atoms with van der Waals surface area (Å²) in [5.74, 6) is 2.88. The fourth-order valence-electron chi connectivity index (χ4n) is 3.30. The van der Waals surface area contributed by atoms with Crippen LogP contribution in [0.4, 0.5) is 5.95 Å². The number of piperidine rings is 1. The Balaban J connectivity index is 1.65. The molecule has 2 unspecified atom stereocenters. The fourth-order valence-corrected chi connectivity index (χ4v) is 3.30. The molecule has 0 saturated carbocycles. The minimum atomic E-state index is 0.291. The van der Waals surface area contributed by atoms with E-state index in [0.29, 0.717) is 17.9 Å². The maximum atomic E-state index is 5.74. The number of hydrogen-bond acceptors (Lipinski definition) is 5. The average Bonchev–Trinajstić information content (AvgIpc) is 3.15. The van der Waals surface area contributed by atoms with Crippen LogP contribution in [0.15, 0.2) is 0 Å². The van der Waals surface area contributed by atoms with Crippen molar-refractivity contribution < 1.29 is 4.74 Å². The Morgan fingerprint density at radius 3 is 2.85 bits per heavy atom. The molecule has 112 valence electrons. The molecule has 2 atom stereocenters. The quantitative estimate of drug-likeness (QED) is 0.867. The highest BCUT2D eigenvalue weighted by atomic mass is 16.5. The Labute approximate surface area is 120 Å². The molecule has 0 radical (unpaired) electrons. The third-order valence-corrected chi connectivity index (χ3v) is 4.68. The van der Waals surface area contributed by atoms with Crippen LogP contribution in [0, 0.1) is 5.92 Å². The number of nitrogens with zero attached hydrogens (tertiary/aromatic N) is 3. The van der Waals surface area contributed by atoms with Gasteiger partial charge in [-0.1, -0.05) is 6.92 Å². The zero-order valence-corrected chi connectivity index (χ0v) is 12.2. The van der Waals surface area contributed by atoms with Crippen molar-refractivity contribution in [1.29, 1.82) is 0 Å². The van der Waals surface area contributed by atoms with Crippen molar-refractivity contribution in [3.8, 4) is 0 Å². The van der Waals surface area contributed by atoms with Crippen LogP contribution in [0.25, 0.3) is 0 Å². The van der Waals surface area contributed by atoms with Gasteiger partial charge < -0.3 is 15.4 Å². The first-order valence-electron chi connectivity index (χ1n) is 7.80. The number of anilines is 1. The highest BCUT2D eigenvalue weighted by Crippen LogP contribution is 2.31. The van der Waals surface area contributed by atoms with Gasteiger partial charge in [0.2, 0.25) is 5.95 Å². The molecule has 2 aliphatic heterocycles. The van der Waals surface area contributed by atoms with Gasteiger partial charge in [-0.15, -0.1) is 5.10 Å². The molecule has 2 saturated heterocycles. The van der Waals surface area contributed by atoms with Crippen LogP contribution in [0.1, 0.15) is 44.3 Å². The summed E-state index contributed by atoms with van der Waals surface area (Å²) in [4.78, 5) is 6.98. The third kappa shape index (κ3) is 2.67. The molecular formula is C14H25N5O. The van der Waals surface area contributed by atoms with Crippen LogP contribution >= 0.6 is 0 Å². The zero-order valence-electron chi connectivity index (χ0n) is 12.2. The number of nitrogens with two attached hydrogens (primary N) is 1. The molecule has 3 heterocycles. The Bertz CT molecular complexity index is 427. The maximum Gasteiger partial charge on any atom is 0.244 e. The van der Waals surface area contributed by atoms with Crippen molar-refractivity contribution in [3.63, 3.8) is 0 Å². The van der Waals surface area contributed by atoms with Gasteiger partial charge in [0.1, 0.15) is 5.82 Å². The van der Waals surface area contributed by atoms with Crippen molar-refractivity contribution >= 4 is 5.95 Å². The maximum absolute atomic E-state index is 5.74. The van der Waals surface area contributed by atoms with Crippen LogP contribution in [-0.4, -0.2) is 47.5 Å². The second-order valence-corrected chi connectivity index (χ2v) is 5.90. The number of nitrogens with one attached hydrogen (secondary N) is 1.